The van der Waals surface area contributed by atoms with Gasteiger partial charge in [0, 0.05) is 12.5 Å². The third kappa shape index (κ3) is 4.44. The number of nitrogens with two attached hydrogens (primary N) is 1. The lowest BCUT2D eigenvalue weighted by molar-refractivity contribution is -0.148. The number of hydrogen-bond donors (Lipinski definition) is 4. The minimum Gasteiger partial charge on any atom is -0.480 e. The van der Waals surface area contributed by atoms with E-state index in [1.807, 2.05) is 0 Å². The van der Waals surface area contributed by atoms with Gasteiger partial charge in [-0.05, 0) is 57.4 Å². The zero-order chi connectivity index (χ0) is 16.2. The van der Waals surface area contributed by atoms with Crippen molar-refractivity contribution in [3.05, 3.63) is 0 Å². The zero-order valence-corrected chi connectivity index (χ0v) is 13.3. The first-order valence-corrected chi connectivity index (χ1v) is 8.52. The lowest BCUT2D eigenvalue weighted by Gasteiger charge is -2.44. The number of nitrogens with zero attached hydrogens (tertiary/aromatic N) is 1. The highest BCUT2D eigenvalue weighted by Gasteiger charge is 2.47. The van der Waals surface area contributed by atoms with Crippen LogP contribution in [0.2, 0.25) is 6.32 Å². The van der Waals surface area contributed by atoms with Crippen LogP contribution in [-0.2, 0) is 4.79 Å². The number of hydrogen-bond acceptors (Lipinski definition) is 5. The van der Waals surface area contributed by atoms with Gasteiger partial charge in [0.05, 0.1) is 0 Å². The lowest BCUT2D eigenvalue weighted by Crippen LogP contribution is -2.60. The van der Waals surface area contributed by atoms with Crippen molar-refractivity contribution in [1.29, 1.82) is 0 Å². The van der Waals surface area contributed by atoms with Crippen LogP contribution in [0.1, 0.15) is 44.9 Å². The highest BCUT2D eigenvalue weighted by atomic mass is 16.4. The van der Waals surface area contributed by atoms with Crippen molar-refractivity contribution in [2.24, 2.45) is 17.6 Å². The van der Waals surface area contributed by atoms with Crippen LogP contribution in [0.4, 0.5) is 0 Å². The SMILES string of the molecule is N[C@]1(C(=O)O)C[C@H](CCB(O)O)CCC1CN1CCCCC1. The van der Waals surface area contributed by atoms with Crippen LogP contribution in [0, 0.1) is 11.8 Å². The molecule has 0 bridgehead atoms. The zero-order valence-electron chi connectivity index (χ0n) is 13.3. The Kier molecular flexibility index (Phi) is 6.26. The largest absolute Gasteiger partial charge is 0.480 e. The summed E-state index contributed by atoms with van der Waals surface area (Å²) in [7, 11) is -1.32. The molecule has 3 atom stereocenters. The molecule has 1 saturated heterocycles. The molecule has 2 rings (SSSR count). The Bertz CT molecular complexity index is 377. The molecule has 0 aromatic carbocycles. The summed E-state index contributed by atoms with van der Waals surface area (Å²) < 4.78 is 0. The molecule has 126 valence electrons. The van der Waals surface area contributed by atoms with Crippen LogP contribution >= 0.6 is 0 Å². The first-order valence-electron chi connectivity index (χ1n) is 8.52. The summed E-state index contributed by atoms with van der Waals surface area (Å²) in [4.78, 5) is 14.1. The molecule has 5 N–H and O–H groups in total. The Hall–Kier alpha value is -0.625. The van der Waals surface area contributed by atoms with Crippen LogP contribution in [0.3, 0.4) is 0 Å². The maximum atomic E-state index is 11.8. The molecule has 2 fully saturated rings. The predicted molar refractivity (Wildman–Crippen MR) is 85.3 cm³/mol. The van der Waals surface area contributed by atoms with Crippen molar-refractivity contribution < 1.29 is 19.9 Å². The van der Waals surface area contributed by atoms with Gasteiger partial charge < -0.3 is 25.8 Å². The van der Waals surface area contributed by atoms with E-state index >= 15 is 0 Å². The van der Waals surface area contributed by atoms with Gasteiger partial charge >= 0.3 is 13.1 Å². The van der Waals surface area contributed by atoms with Gasteiger partial charge in [0.2, 0.25) is 0 Å². The van der Waals surface area contributed by atoms with Crippen molar-refractivity contribution in [3.63, 3.8) is 0 Å². The summed E-state index contributed by atoms with van der Waals surface area (Å²) in [5.41, 5.74) is 5.13. The van der Waals surface area contributed by atoms with Gasteiger partial charge in [0.25, 0.3) is 0 Å². The Morgan fingerprint density at radius 1 is 1.23 bits per heavy atom. The van der Waals surface area contributed by atoms with E-state index in [0.29, 0.717) is 12.8 Å². The van der Waals surface area contributed by atoms with Gasteiger partial charge in [-0.1, -0.05) is 12.8 Å². The molecule has 7 heteroatoms. The summed E-state index contributed by atoms with van der Waals surface area (Å²) in [5, 5.41) is 27.6. The molecule has 0 spiro atoms. The second-order valence-electron chi connectivity index (χ2n) is 7.11. The molecule has 1 heterocycles. The number of rotatable bonds is 6. The fraction of sp³-hybridized carbons (Fsp3) is 0.933. The summed E-state index contributed by atoms with van der Waals surface area (Å²) in [6.45, 7) is 2.87. The Morgan fingerprint density at radius 3 is 2.50 bits per heavy atom. The monoisotopic (exact) mass is 312 g/mol. The fourth-order valence-electron chi connectivity index (χ4n) is 4.04. The van der Waals surface area contributed by atoms with Crippen LogP contribution in [0.15, 0.2) is 0 Å². The maximum Gasteiger partial charge on any atom is 0.451 e. The highest BCUT2D eigenvalue weighted by molar-refractivity contribution is 6.40. The standard InChI is InChI=1S/C15H29BN2O4/c17-15(14(19)20)10-12(6-7-16(21)22)4-5-13(15)11-18-8-2-1-3-9-18/h12-13,21-22H,1-11,17H2,(H,19,20)/t12-,13?,15+/m0/s1. The first-order chi connectivity index (χ1) is 10.4. The van der Waals surface area contributed by atoms with Gasteiger partial charge in [-0.2, -0.15) is 0 Å². The van der Waals surface area contributed by atoms with E-state index < -0.39 is 18.6 Å². The molecule has 1 unspecified atom stereocenters. The molecule has 1 aliphatic carbocycles. The number of likely N-dealkylation sites (tertiary alicyclic amines) is 1. The van der Waals surface area contributed by atoms with Gasteiger partial charge in [0.15, 0.2) is 0 Å². The topological polar surface area (TPSA) is 107 Å². The third-order valence-corrected chi connectivity index (χ3v) is 5.44. The van der Waals surface area contributed by atoms with E-state index in [-0.39, 0.29) is 18.2 Å². The van der Waals surface area contributed by atoms with Gasteiger partial charge in [0.1, 0.15) is 5.54 Å². The Morgan fingerprint density at radius 2 is 1.91 bits per heavy atom. The minimum atomic E-state index is -1.32. The quantitative estimate of drug-likeness (QED) is 0.533. The lowest BCUT2D eigenvalue weighted by atomic mass is 9.66. The van der Waals surface area contributed by atoms with E-state index in [1.54, 1.807) is 0 Å². The number of carboxylic acid groups (broad SMARTS) is 1. The summed E-state index contributed by atoms with van der Waals surface area (Å²) in [6.07, 6.45) is 6.73. The van der Waals surface area contributed by atoms with Crippen molar-refractivity contribution in [3.8, 4) is 0 Å². The van der Waals surface area contributed by atoms with Crippen LogP contribution in [0.25, 0.3) is 0 Å². The molecule has 0 aromatic heterocycles. The molecule has 2 aliphatic rings. The molecule has 6 nitrogen and oxygen atoms in total. The minimum absolute atomic E-state index is 0.0154. The van der Waals surface area contributed by atoms with Crippen LogP contribution in [0.5, 0.6) is 0 Å². The molecule has 0 amide bonds. The molecular formula is C15H29BN2O4. The van der Waals surface area contributed by atoms with Gasteiger partial charge in [-0.15, -0.1) is 0 Å². The molecule has 1 saturated carbocycles. The average Bonchev–Trinajstić information content (AvgIpc) is 2.48. The Balaban J connectivity index is 1.96. The van der Waals surface area contributed by atoms with E-state index in [1.165, 1.54) is 19.3 Å². The summed E-state index contributed by atoms with van der Waals surface area (Å²) >= 11 is 0. The highest BCUT2D eigenvalue weighted by Crippen LogP contribution is 2.38. The number of carboxylic acids is 1. The first kappa shape index (κ1) is 17.7. The van der Waals surface area contributed by atoms with Crippen molar-refractivity contribution in [2.75, 3.05) is 19.6 Å². The smallest absolute Gasteiger partial charge is 0.451 e. The number of piperidine rings is 1. The van der Waals surface area contributed by atoms with E-state index in [9.17, 15) is 9.90 Å². The van der Waals surface area contributed by atoms with Crippen LogP contribution < -0.4 is 5.73 Å². The molecular weight excluding hydrogens is 283 g/mol. The van der Waals surface area contributed by atoms with Gasteiger partial charge in [-0.3, -0.25) is 4.79 Å². The summed E-state index contributed by atoms with van der Waals surface area (Å²) in [6, 6.07) is 0. The summed E-state index contributed by atoms with van der Waals surface area (Å²) in [5.74, 6) is -0.761. The molecule has 22 heavy (non-hydrogen) atoms. The predicted octanol–water partition coefficient (Wildman–Crippen LogP) is 0.534. The van der Waals surface area contributed by atoms with Crippen LogP contribution in [-0.4, -0.2) is 58.3 Å². The molecule has 1 aliphatic heterocycles. The van der Waals surface area contributed by atoms with Crippen molar-refractivity contribution in [2.45, 2.75) is 56.8 Å². The maximum absolute atomic E-state index is 11.8. The van der Waals surface area contributed by atoms with Crippen molar-refractivity contribution >= 4 is 13.1 Å². The molecule has 0 aromatic rings. The van der Waals surface area contributed by atoms with Crippen molar-refractivity contribution in [1.82, 2.24) is 4.90 Å². The van der Waals surface area contributed by atoms with E-state index in [0.717, 1.165) is 32.5 Å². The Labute approximate surface area is 132 Å². The second kappa shape index (κ2) is 7.77. The van der Waals surface area contributed by atoms with E-state index in [4.69, 9.17) is 15.8 Å². The molecule has 0 radical (unpaired) electrons. The van der Waals surface area contributed by atoms with Gasteiger partial charge in [-0.25, -0.2) is 0 Å². The normalized spacial score (nSPS) is 33.6. The average molecular weight is 312 g/mol. The second-order valence-corrected chi connectivity index (χ2v) is 7.11. The van der Waals surface area contributed by atoms with E-state index in [2.05, 4.69) is 4.90 Å². The number of aliphatic carboxylic acids is 1. The fourth-order valence-corrected chi connectivity index (χ4v) is 4.04. The number of carbonyl (C=O) groups is 1. The third-order valence-electron chi connectivity index (χ3n) is 5.44.